The second-order valence-electron chi connectivity index (χ2n) is 6.40. The second kappa shape index (κ2) is 7.65. The van der Waals surface area contributed by atoms with Crippen molar-refractivity contribution >= 4 is 5.97 Å². The van der Waals surface area contributed by atoms with E-state index in [0.29, 0.717) is 6.04 Å². The Morgan fingerprint density at radius 1 is 1.36 bits per heavy atom. The second-order valence-corrected chi connectivity index (χ2v) is 6.40. The quantitative estimate of drug-likeness (QED) is 0.801. The first-order chi connectivity index (χ1) is 12.1. The van der Waals surface area contributed by atoms with Gasteiger partial charge < -0.3 is 14.8 Å². The molecule has 1 unspecified atom stereocenters. The van der Waals surface area contributed by atoms with Gasteiger partial charge in [-0.2, -0.15) is 5.10 Å². The summed E-state index contributed by atoms with van der Waals surface area (Å²) >= 11 is 0. The molecule has 2 heterocycles. The first kappa shape index (κ1) is 17.4. The van der Waals surface area contributed by atoms with E-state index in [2.05, 4.69) is 32.3 Å². The molecule has 25 heavy (non-hydrogen) atoms. The van der Waals surface area contributed by atoms with Crippen molar-refractivity contribution in [2.24, 2.45) is 0 Å². The summed E-state index contributed by atoms with van der Waals surface area (Å²) < 4.78 is 12.2. The van der Waals surface area contributed by atoms with Crippen LogP contribution in [-0.2, 0) is 29.0 Å². The SMILES string of the molecule is COC(=O)COc1c(C)cc(CNC2CCc3ncnn3C2)cc1C. The van der Waals surface area contributed by atoms with Crippen molar-refractivity contribution in [3.8, 4) is 5.75 Å². The molecule has 1 aliphatic rings. The number of carbonyl (C=O) groups excluding carboxylic acids is 1. The Hall–Kier alpha value is -2.41. The molecule has 1 aromatic heterocycles. The molecule has 3 rings (SSSR count). The van der Waals surface area contributed by atoms with Crippen LogP contribution in [0.4, 0.5) is 0 Å². The zero-order valence-electron chi connectivity index (χ0n) is 14.9. The van der Waals surface area contributed by atoms with Gasteiger partial charge in [0, 0.05) is 19.0 Å². The molecule has 0 fully saturated rings. The minimum atomic E-state index is -0.380. The Kier molecular flexibility index (Phi) is 5.33. The minimum absolute atomic E-state index is 0.0713. The molecule has 0 spiro atoms. The zero-order valence-corrected chi connectivity index (χ0v) is 14.9. The van der Waals surface area contributed by atoms with E-state index in [1.807, 2.05) is 18.5 Å². The van der Waals surface area contributed by atoms with E-state index in [4.69, 9.17) is 4.74 Å². The zero-order chi connectivity index (χ0) is 17.8. The molecule has 1 aromatic carbocycles. The van der Waals surface area contributed by atoms with Crippen LogP contribution < -0.4 is 10.1 Å². The van der Waals surface area contributed by atoms with Gasteiger partial charge in [0.1, 0.15) is 17.9 Å². The first-order valence-corrected chi connectivity index (χ1v) is 8.46. The fourth-order valence-corrected chi connectivity index (χ4v) is 3.23. The summed E-state index contributed by atoms with van der Waals surface area (Å²) in [5.41, 5.74) is 3.23. The molecular formula is C18H24N4O3. The van der Waals surface area contributed by atoms with Gasteiger partial charge >= 0.3 is 5.97 Å². The normalized spacial score (nSPS) is 16.4. The summed E-state index contributed by atoms with van der Waals surface area (Å²) in [6, 6.07) is 4.58. The van der Waals surface area contributed by atoms with Gasteiger partial charge in [-0.05, 0) is 37.0 Å². The predicted octanol–water partition coefficient (Wildman–Crippen LogP) is 1.55. The number of nitrogens with one attached hydrogen (secondary N) is 1. The molecule has 2 aromatic rings. The number of methoxy groups -OCH3 is 1. The smallest absolute Gasteiger partial charge is 0.343 e. The number of fused-ring (bicyclic) bond motifs is 1. The lowest BCUT2D eigenvalue weighted by molar-refractivity contribution is -0.142. The monoisotopic (exact) mass is 344 g/mol. The molecule has 0 radical (unpaired) electrons. The molecule has 0 saturated heterocycles. The summed E-state index contributed by atoms with van der Waals surface area (Å²) in [7, 11) is 1.35. The number of ether oxygens (including phenoxy) is 2. The lowest BCUT2D eigenvalue weighted by Crippen LogP contribution is -2.37. The molecule has 1 N–H and O–H groups in total. The molecule has 1 atom stereocenters. The van der Waals surface area contributed by atoms with Gasteiger partial charge in [-0.1, -0.05) is 12.1 Å². The lowest BCUT2D eigenvalue weighted by atomic mass is 10.0. The predicted molar refractivity (Wildman–Crippen MR) is 92.4 cm³/mol. The van der Waals surface area contributed by atoms with Crippen LogP contribution in [0, 0.1) is 13.8 Å². The molecular weight excluding hydrogens is 320 g/mol. The van der Waals surface area contributed by atoms with Crippen LogP contribution in [0.25, 0.3) is 0 Å². The van der Waals surface area contributed by atoms with Crippen molar-refractivity contribution in [3.05, 3.63) is 41.0 Å². The van der Waals surface area contributed by atoms with E-state index in [0.717, 1.165) is 48.6 Å². The summed E-state index contributed by atoms with van der Waals surface area (Å²) in [6.07, 6.45) is 3.64. The third-order valence-electron chi connectivity index (χ3n) is 4.48. The van der Waals surface area contributed by atoms with Crippen molar-refractivity contribution in [3.63, 3.8) is 0 Å². The largest absolute Gasteiger partial charge is 0.481 e. The van der Waals surface area contributed by atoms with Gasteiger partial charge in [-0.15, -0.1) is 0 Å². The summed E-state index contributed by atoms with van der Waals surface area (Å²) in [4.78, 5) is 15.5. The summed E-state index contributed by atoms with van der Waals surface area (Å²) in [5, 5.41) is 7.85. The number of carbonyl (C=O) groups is 1. The lowest BCUT2D eigenvalue weighted by Gasteiger charge is -2.24. The van der Waals surface area contributed by atoms with Crippen LogP contribution in [0.1, 0.15) is 28.9 Å². The molecule has 134 valence electrons. The third-order valence-corrected chi connectivity index (χ3v) is 4.48. The highest BCUT2D eigenvalue weighted by atomic mass is 16.6. The number of rotatable bonds is 6. The third kappa shape index (κ3) is 4.17. The number of benzene rings is 1. The van der Waals surface area contributed by atoms with Crippen LogP contribution >= 0.6 is 0 Å². The number of nitrogens with zero attached hydrogens (tertiary/aromatic N) is 3. The number of esters is 1. The maximum atomic E-state index is 11.3. The average molecular weight is 344 g/mol. The Morgan fingerprint density at radius 3 is 2.84 bits per heavy atom. The van der Waals surface area contributed by atoms with E-state index in [-0.39, 0.29) is 12.6 Å². The molecule has 7 nitrogen and oxygen atoms in total. The van der Waals surface area contributed by atoms with Gasteiger partial charge in [-0.3, -0.25) is 0 Å². The molecule has 1 aliphatic heterocycles. The van der Waals surface area contributed by atoms with Crippen molar-refractivity contribution in [2.45, 2.75) is 45.8 Å². The van der Waals surface area contributed by atoms with Crippen LogP contribution in [0.3, 0.4) is 0 Å². The fourth-order valence-electron chi connectivity index (χ4n) is 3.23. The molecule has 0 amide bonds. The molecule has 0 bridgehead atoms. The number of aryl methyl sites for hydroxylation is 3. The Morgan fingerprint density at radius 2 is 2.12 bits per heavy atom. The Balaban J connectivity index is 1.59. The maximum Gasteiger partial charge on any atom is 0.343 e. The summed E-state index contributed by atoms with van der Waals surface area (Å²) in [5.74, 6) is 1.44. The maximum absolute atomic E-state index is 11.3. The Labute approximate surface area is 147 Å². The van der Waals surface area contributed by atoms with Gasteiger partial charge in [0.15, 0.2) is 6.61 Å². The van der Waals surface area contributed by atoms with Crippen LogP contribution in [0.5, 0.6) is 5.75 Å². The van der Waals surface area contributed by atoms with Crippen molar-refractivity contribution in [1.29, 1.82) is 0 Å². The Bertz CT molecular complexity index is 734. The van der Waals surface area contributed by atoms with E-state index in [9.17, 15) is 4.79 Å². The van der Waals surface area contributed by atoms with Gasteiger partial charge in [-0.25, -0.2) is 14.5 Å². The number of hydrogen-bond donors (Lipinski definition) is 1. The number of aromatic nitrogens is 3. The highest BCUT2D eigenvalue weighted by molar-refractivity contribution is 5.71. The van der Waals surface area contributed by atoms with E-state index >= 15 is 0 Å². The topological polar surface area (TPSA) is 78.3 Å². The van der Waals surface area contributed by atoms with Crippen molar-refractivity contribution in [2.75, 3.05) is 13.7 Å². The van der Waals surface area contributed by atoms with E-state index < -0.39 is 0 Å². The minimum Gasteiger partial charge on any atom is -0.481 e. The van der Waals surface area contributed by atoms with Gasteiger partial charge in [0.25, 0.3) is 0 Å². The van der Waals surface area contributed by atoms with Crippen molar-refractivity contribution in [1.82, 2.24) is 20.1 Å². The van der Waals surface area contributed by atoms with Crippen molar-refractivity contribution < 1.29 is 14.3 Å². The molecule has 0 saturated carbocycles. The standard InChI is InChI=1S/C18H24N4O3/c1-12-6-14(7-13(2)18(12)25-10-17(23)24-3)8-19-15-4-5-16-20-11-21-22(16)9-15/h6-7,11,15,19H,4-5,8-10H2,1-3H3. The van der Waals surface area contributed by atoms with Crippen LogP contribution in [0.2, 0.25) is 0 Å². The van der Waals surface area contributed by atoms with Gasteiger partial charge in [0.05, 0.1) is 13.7 Å². The van der Waals surface area contributed by atoms with E-state index in [1.54, 1.807) is 6.33 Å². The highest BCUT2D eigenvalue weighted by Crippen LogP contribution is 2.25. The van der Waals surface area contributed by atoms with Crippen LogP contribution in [-0.4, -0.2) is 40.5 Å². The molecule has 7 heteroatoms. The first-order valence-electron chi connectivity index (χ1n) is 8.46. The summed E-state index contributed by atoms with van der Waals surface area (Å²) in [6.45, 7) is 5.55. The van der Waals surface area contributed by atoms with Crippen LogP contribution in [0.15, 0.2) is 18.5 Å². The molecule has 0 aliphatic carbocycles. The highest BCUT2D eigenvalue weighted by Gasteiger charge is 2.19. The number of hydrogen-bond acceptors (Lipinski definition) is 6. The fraction of sp³-hybridized carbons (Fsp3) is 0.500. The van der Waals surface area contributed by atoms with E-state index in [1.165, 1.54) is 12.7 Å². The van der Waals surface area contributed by atoms with Gasteiger partial charge in [0.2, 0.25) is 0 Å². The average Bonchev–Trinajstić information content (AvgIpc) is 3.06.